The Kier molecular flexibility index (Phi) is 24.2. The number of hydrogen-bond donors (Lipinski definition) is 4. The van der Waals surface area contributed by atoms with Gasteiger partial charge in [-0.25, -0.2) is 9.59 Å². The molecule has 0 fully saturated rings. The molecule has 16 nitrogen and oxygen atoms in total. The van der Waals surface area contributed by atoms with Crippen molar-refractivity contribution in [3.8, 4) is 0 Å². The first-order valence-corrected chi connectivity index (χ1v) is 17.4. The van der Waals surface area contributed by atoms with Crippen molar-refractivity contribution in [2.45, 2.75) is 50.9 Å². The number of rotatable bonds is 26. The number of esters is 1. The van der Waals surface area contributed by atoms with Gasteiger partial charge in [-0.05, 0) is 39.8 Å². The van der Waals surface area contributed by atoms with Crippen molar-refractivity contribution in [2.75, 3.05) is 82.1 Å². The first-order chi connectivity index (χ1) is 19.6. The van der Waals surface area contributed by atoms with Crippen molar-refractivity contribution >= 4 is 29.6 Å². The minimum absolute atomic E-state index is 0. The monoisotopic (exact) mass is 646 g/mol. The zero-order valence-electron chi connectivity index (χ0n) is 26.4. The van der Waals surface area contributed by atoms with Crippen LogP contribution >= 0.6 is 0 Å². The van der Waals surface area contributed by atoms with Gasteiger partial charge >= 0.3 is 29.6 Å². The van der Waals surface area contributed by atoms with Gasteiger partial charge in [-0.3, -0.25) is 16.0 Å². The molecule has 0 aliphatic carbocycles. The van der Waals surface area contributed by atoms with Gasteiger partial charge in [-0.15, -0.1) is 0 Å². The summed E-state index contributed by atoms with van der Waals surface area (Å²) in [5, 5.41) is 12.2. The smallest absolute Gasteiger partial charge is 0.461 e. The molecule has 18 heteroatoms. The Morgan fingerprint density at radius 3 is 1.81 bits per heavy atom. The molecule has 0 aromatic carbocycles. The van der Waals surface area contributed by atoms with Gasteiger partial charge in [0.15, 0.2) is 6.23 Å². The molecule has 42 heavy (non-hydrogen) atoms. The van der Waals surface area contributed by atoms with E-state index in [2.05, 4.69) is 27.8 Å². The van der Waals surface area contributed by atoms with Gasteiger partial charge in [0.2, 0.25) is 5.85 Å². The predicted octanol–water partition coefficient (Wildman–Crippen LogP) is -0.0414. The first kappa shape index (κ1) is 42.6. The highest BCUT2D eigenvalue weighted by atomic mass is 28.4. The second-order valence-electron chi connectivity index (χ2n) is 8.44. The van der Waals surface area contributed by atoms with Gasteiger partial charge in [-0.2, -0.15) is 0 Å². The lowest BCUT2D eigenvalue weighted by Gasteiger charge is -2.41. The van der Waals surface area contributed by atoms with Crippen LogP contribution in [0.25, 0.3) is 0 Å². The lowest BCUT2D eigenvalue weighted by atomic mass is 10.3. The minimum atomic E-state index is -2.80. The molecule has 6 N–H and O–H groups in total. The maximum atomic E-state index is 13.0. The van der Waals surface area contributed by atoms with Crippen LogP contribution < -0.4 is 21.3 Å². The van der Waals surface area contributed by atoms with Crippen molar-refractivity contribution in [1.82, 2.24) is 21.3 Å². The molecule has 2 amide bonds. The van der Waals surface area contributed by atoms with E-state index in [1.807, 2.05) is 13.8 Å². The number of carbonyl (C=O) groups excluding carboxylic acids is 2. The lowest BCUT2D eigenvalue weighted by Crippen LogP contribution is -2.72. The van der Waals surface area contributed by atoms with Crippen molar-refractivity contribution < 1.29 is 55.8 Å². The molecule has 0 aromatic heterocycles. The molecule has 0 aliphatic heterocycles. The zero-order valence-corrected chi connectivity index (χ0v) is 28.4. The Morgan fingerprint density at radius 2 is 1.36 bits per heavy atom. The van der Waals surface area contributed by atoms with Crippen molar-refractivity contribution in [3.05, 3.63) is 12.7 Å². The molecule has 250 valence electrons. The molecule has 0 saturated carbocycles. The molecule has 0 aromatic rings. The maximum Gasteiger partial charge on any atom is 0.500 e. The SMILES string of the molecule is C=CC(=O)OCCNC(=O)NC(NCCC[Si](OC)(OC)OC)(OCC)C(NCCC[Si](OC)(OC)OC)OCC.O. The summed E-state index contributed by atoms with van der Waals surface area (Å²) in [5.74, 6) is -2.06. The summed E-state index contributed by atoms with van der Waals surface area (Å²) in [7, 11) is 3.79. The van der Waals surface area contributed by atoms with Crippen LogP contribution in [0.4, 0.5) is 4.79 Å². The second kappa shape index (κ2) is 23.9. The standard InChI is InChI=1S/C24H52N4O11Si2.H2O/c1-10-21(29)38-18-17-26-23(30)28-24(39-12-3,27-16-14-20-41(34-7,35-8)36-9)22(37-11-2)25-15-13-19-40(31-4,32-5)33-6;/h10,22,25,27H,1,11-20H2,2-9H3,(H2,26,28,30);1H2. The quantitative estimate of drug-likeness (QED) is 0.0321. The normalized spacial score (nSPS) is 13.9. The fourth-order valence-corrected chi connectivity index (χ4v) is 7.34. The minimum Gasteiger partial charge on any atom is -0.461 e. The molecule has 0 rings (SSSR count). The lowest BCUT2D eigenvalue weighted by molar-refractivity contribution is -0.183. The average molecular weight is 647 g/mol. The Balaban J connectivity index is 0. The van der Waals surface area contributed by atoms with Crippen LogP contribution in [0.5, 0.6) is 0 Å². The Morgan fingerprint density at radius 1 is 0.833 bits per heavy atom. The number of carbonyl (C=O) groups is 2. The Labute approximate surface area is 252 Å². The van der Waals surface area contributed by atoms with Gasteiger partial charge in [0.1, 0.15) is 6.61 Å². The molecule has 2 atom stereocenters. The summed E-state index contributed by atoms with van der Waals surface area (Å²) < 4.78 is 50.2. The summed E-state index contributed by atoms with van der Waals surface area (Å²) in [4.78, 5) is 24.3. The van der Waals surface area contributed by atoms with E-state index in [1.165, 1.54) is 0 Å². The topological polar surface area (TPSA) is 197 Å². The van der Waals surface area contributed by atoms with Crippen LogP contribution in [0, 0.1) is 0 Å². The summed E-state index contributed by atoms with van der Waals surface area (Å²) in [5.41, 5.74) is 0. The Bertz CT molecular complexity index is 719. The molecule has 0 bridgehead atoms. The van der Waals surface area contributed by atoms with Gasteiger partial charge < -0.3 is 51.6 Å². The third kappa shape index (κ3) is 14.8. The fourth-order valence-electron chi connectivity index (χ4n) is 3.90. The fraction of sp³-hybridized carbons (Fsp3) is 0.833. The molecule has 0 saturated heterocycles. The number of amides is 2. The van der Waals surface area contributed by atoms with Crippen LogP contribution in [-0.2, 0) is 45.6 Å². The number of ether oxygens (including phenoxy) is 3. The molecule has 0 radical (unpaired) electrons. The van der Waals surface area contributed by atoms with Gasteiger partial charge in [-0.1, -0.05) is 6.58 Å². The van der Waals surface area contributed by atoms with Gasteiger partial charge in [0.25, 0.3) is 0 Å². The van der Waals surface area contributed by atoms with Crippen LogP contribution in [-0.4, -0.2) is 129 Å². The van der Waals surface area contributed by atoms with Crippen molar-refractivity contribution in [1.29, 1.82) is 0 Å². The predicted molar refractivity (Wildman–Crippen MR) is 159 cm³/mol. The van der Waals surface area contributed by atoms with E-state index >= 15 is 0 Å². The first-order valence-electron chi connectivity index (χ1n) is 13.5. The van der Waals surface area contributed by atoms with E-state index in [4.69, 9.17) is 40.8 Å². The van der Waals surface area contributed by atoms with Crippen molar-refractivity contribution in [2.24, 2.45) is 0 Å². The third-order valence-electron chi connectivity index (χ3n) is 6.08. The van der Waals surface area contributed by atoms with E-state index in [1.54, 1.807) is 42.7 Å². The molecular weight excluding hydrogens is 592 g/mol. The highest BCUT2D eigenvalue weighted by Crippen LogP contribution is 2.18. The van der Waals surface area contributed by atoms with E-state index < -0.39 is 41.7 Å². The molecule has 0 spiro atoms. The summed E-state index contributed by atoms with van der Waals surface area (Å²) in [6, 6.07) is 0.523. The van der Waals surface area contributed by atoms with Gasteiger partial charge in [0.05, 0.1) is 6.54 Å². The Hall–Kier alpha value is -1.53. The van der Waals surface area contributed by atoms with E-state index in [0.29, 0.717) is 44.6 Å². The van der Waals surface area contributed by atoms with Gasteiger partial charge in [0, 0.05) is 74.0 Å². The van der Waals surface area contributed by atoms with Crippen LogP contribution in [0.2, 0.25) is 12.1 Å². The summed E-state index contributed by atoms with van der Waals surface area (Å²) in [6.07, 6.45) is 1.46. The number of urea groups is 1. The van der Waals surface area contributed by atoms with Crippen molar-refractivity contribution in [3.63, 3.8) is 0 Å². The number of nitrogens with one attached hydrogen (secondary N) is 4. The second-order valence-corrected chi connectivity index (χ2v) is 14.6. The maximum absolute atomic E-state index is 13.0. The molecule has 0 aliphatic rings. The van der Waals surface area contributed by atoms with Crippen LogP contribution in [0.3, 0.4) is 0 Å². The average Bonchev–Trinajstić information content (AvgIpc) is 2.99. The van der Waals surface area contributed by atoms with E-state index in [0.717, 1.165) is 6.08 Å². The highest BCUT2D eigenvalue weighted by molar-refractivity contribution is 6.60. The van der Waals surface area contributed by atoms with Crippen LogP contribution in [0.15, 0.2) is 12.7 Å². The summed E-state index contributed by atoms with van der Waals surface area (Å²) >= 11 is 0. The molecule has 2 unspecified atom stereocenters. The highest BCUT2D eigenvalue weighted by Gasteiger charge is 2.43. The van der Waals surface area contributed by atoms with E-state index in [9.17, 15) is 9.59 Å². The summed E-state index contributed by atoms with van der Waals surface area (Å²) in [6.45, 7) is 8.48. The largest absolute Gasteiger partial charge is 0.500 e. The third-order valence-corrected chi connectivity index (χ3v) is 11.7. The molecule has 0 heterocycles. The molecular formula is C24H54N4O12Si2. The van der Waals surface area contributed by atoms with E-state index in [-0.39, 0.29) is 25.2 Å². The van der Waals surface area contributed by atoms with Crippen LogP contribution in [0.1, 0.15) is 26.7 Å². The number of hydrogen-bond acceptors (Lipinski definition) is 13. The zero-order chi connectivity index (χ0) is 31.2.